The van der Waals surface area contributed by atoms with E-state index in [0.717, 1.165) is 4.90 Å². The molecule has 5 rings (SSSR count). The Kier molecular flexibility index (Phi) is 6.12. The van der Waals surface area contributed by atoms with Crippen molar-refractivity contribution in [2.75, 3.05) is 18.7 Å². The van der Waals surface area contributed by atoms with Gasteiger partial charge in [-0.1, -0.05) is 11.6 Å². The Bertz CT molecular complexity index is 1470. The average molecular weight is 528 g/mol. The summed E-state index contributed by atoms with van der Waals surface area (Å²) in [6.07, 6.45) is 1.37. The first-order valence-electron chi connectivity index (χ1n) is 10.3. The Balaban J connectivity index is 1.27. The molecule has 0 atom stereocenters. The standard InChI is InChI=1S/C23H14ClN3O8S/c24-15-4-1-12(7-16(15)27(31)32)17-6-3-14(35-17)9-20-22(29)26(23(30)36-20)10-21(28)25-13-2-5-18-19(8-13)34-11-33-18/h1-9H,10-11H2,(H,25,28)/b20-9+. The van der Waals surface area contributed by atoms with Crippen LogP contribution in [0, 0.1) is 10.1 Å². The maximum absolute atomic E-state index is 12.8. The van der Waals surface area contributed by atoms with E-state index in [2.05, 4.69) is 5.32 Å². The van der Waals surface area contributed by atoms with Crippen LogP contribution < -0.4 is 14.8 Å². The van der Waals surface area contributed by atoms with E-state index in [-0.39, 0.29) is 28.2 Å². The van der Waals surface area contributed by atoms with Gasteiger partial charge in [0.2, 0.25) is 12.7 Å². The fourth-order valence-corrected chi connectivity index (χ4v) is 4.48. The van der Waals surface area contributed by atoms with Gasteiger partial charge in [0.05, 0.1) is 9.83 Å². The summed E-state index contributed by atoms with van der Waals surface area (Å²) in [5.41, 5.74) is 0.573. The average Bonchev–Trinajstić information content (AvgIpc) is 3.56. The highest BCUT2D eigenvalue weighted by molar-refractivity contribution is 8.18. The highest BCUT2D eigenvalue weighted by Gasteiger charge is 2.36. The van der Waals surface area contributed by atoms with Crippen LogP contribution in [0.3, 0.4) is 0 Å². The molecule has 3 amide bonds. The van der Waals surface area contributed by atoms with E-state index >= 15 is 0 Å². The number of nitro groups is 1. The van der Waals surface area contributed by atoms with Crippen LogP contribution in [0.25, 0.3) is 17.4 Å². The summed E-state index contributed by atoms with van der Waals surface area (Å²) in [6.45, 7) is -0.388. The molecule has 1 N–H and O–H groups in total. The van der Waals surface area contributed by atoms with Gasteiger partial charge in [0.25, 0.3) is 16.8 Å². The summed E-state index contributed by atoms with van der Waals surface area (Å²) < 4.78 is 16.2. The smallest absolute Gasteiger partial charge is 0.294 e. The van der Waals surface area contributed by atoms with Crippen LogP contribution in [-0.4, -0.2) is 40.2 Å². The lowest BCUT2D eigenvalue weighted by atomic mass is 10.1. The predicted molar refractivity (Wildman–Crippen MR) is 130 cm³/mol. The van der Waals surface area contributed by atoms with Crippen LogP contribution >= 0.6 is 23.4 Å². The molecule has 0 spiro atoms. The molecule has 2 aliphatic heterocycles. The number of benzene rings is 2. The number of anilines is 1. The number of ether oxygens (including phenoxy) is 2. The normalized spacial score (nSPS) is 15.6. The number of hydrogen-bond acceptors (Lipinski definition) is 9. The lowest BCUT2D eigenvalue weighted by Gasteiger charge is -2.12. The van der Waals surface area contributed by atoms with Gasteiger partial charge in [-0.25, -0.2) is 0 Å². The molecule has 2 aliphatic rings. The lowest BCUT2D eigenvalue weighted by Crippen LogP contribution is -2.36. The number of nitrogens with one attached hydrogen (secondary N) is 1. The molecule has 182 valence electrons. The Morgan fingerprint density at radius 2 is 1.94 bits per heavy atom. The van der Waals surface area contributed by atoms with E-state index in [1.54, 1.807) is 36.4 Å². The number of nitro benzene ring substituents is 1. The monoisotopic (exact) mass is 527 g/mol. The fourth-order valence-electron chi connectivity index (χ4n) is 3.48. The number of furan rings is 1. The maximum Gasteiger partial charge on any atom is 0.294 e. The molecule has 36 heavy (non-hydrogen) atoms. The Hall–Kier alpha value is -4.29. The molecule has 1 saturated heterocycles. The number of halogens is 1. The van der Waals surface area contributed by atoms with Gasteiger partial charge in [-0.05, 0) is 48.2 Å². The summed E-state index contributed by atoms with van der Waals surface area (Å²) >= 11 is 6.52. The largest absolute Gasteiger partial charge is 0.457 e. The van der Waals surface area contributed by atoms with Crippen LogP contribution in [0.2, 0.25) is 5.02 Å². The van der Waals surface area contributed by atoms with Crippen LogP contribution in [-0.2, 0) is 9.59 Å². The number of hydrogen-bond donors (Lipinski definition) is 1. The summed E-state index contributed by atoms with van der Waals surface area (Å²) in [4.78, 5) is 49.0. The van der Waals surface area contributed by atoms with Gasteiger partial charge in [-0.2, -0.15) is 0 Å². The first-order valence-corrected chi connectivity index (χ1v) is 11.5. The number of thioether (sulfide) groups is 1. The summed E-state index contributed by atoms with van der Waals surface area (Å²) in [5.74, 6) is 0.376. The van der Waals surface area contributed by atoms with E-state index in [0.29, 0.717) is 40.3 Å². The minimum Gasteiger partial charge on any atom is -0.457 e. The van der Waals surface area contributed by atoms with E-state index in [1.165, 1.54) is 18.2 Å². The van der Waals surface area contributed by atoms with E-state index in [1.807, 2.05) is 0 Å². The third kappa shape index (κ3) is 4.63. The number of fused-ring (bicyclic) bond motifs is 1. The molecule has 0 aliphatic carbocycles. The molecule has 0 unspecified atom stereocenters. The topological polar surface area (TPSA) is 141 Å². The van der Waals surface area contributed by atoms with Crippen molar-refractivity contribution in [3.63, 3.8) is 0 Å². The van der Waals surface area contributed by atoms with Crippen LogP contribution in [0.1, 0.15) is 5.76 Å². The molecular formula is C23H14ClN3O8S. The Labute approximate surface area is 211 Å². The number of amides is 3. The number of nitrogens with zero attached hydrogens (tertiary/aromatic N) is 2. The van der Waals surface area contributed by atoms with Crippen LogP contribution in [0.5, 0.6) is 11.5 Å². The molecule has 3 heterocycles. The molecule has 0 bridgehead atoms. The second-order valence-electron chi connectivity index (χ2n) is 7.51. The Morgan fingerprint density at radius 3 is 2.75 bits per heavy atom. The number of rotatable bonds is 6. The SMILES string of the molecule is O=C(CN1C(=O)S/C(=C/c2ccc(-c3ccc(Cl)c([N+](=O)[O-])c3)o2)C1=O)Nc1ccc2c(c1)OCO2. The fraction of sp³-hybridized carbons (Fsp3) is 0.0870. The Morgan fingerprint density at radius 1 is 1.14 bits per heavy atom. The molecule has 11 nitrogen and oxygen atoms in total. The molecule has 13 heteroatoms. The van der Waals surface area contributed by atoms with Crippen molar-refractivity contribution in [1.29, 1.82) is 0 Å². The summed E-state index contributed by atoms with van der Waals surface area (Å²) in [7, 11) is 0. The molecule has 1 fully saturated rings. The molecule has 1 aromatic heterocycles. The minimum absolute atomic E-state index is 0.00763. The van der Waals surface area contributed by atoms with Gasteiger partial charge < -0.3 is 19.2 Å². The first-order chi connectivity index (χ1) is 17.3. The number of carbonyl (C=O) groups is 3. The predicted octanol–water partition coefficient (Wildman–Crippen LogP) is 4.91. The van der Waals surface area contributed by atoms with Gasteiger partial charge in [-0.15, -0.1) is 0 Å². The van der Waals surface area contributed by atoms with Crippen molar-refractivity contribution >= 4 is 57.9 Å². The highest BCUT2D eigenvalue weighted by Crippen LogP contribution is 2.36. The van der Waals surface area contributed by atoms with Gasteiger partial charge >= 0.3 is 0 Å². The van der Waals surface area contributed by atoms with E-state index < -0.39 is 28.5 Å². The first kappa shape index (κ1) is 23.5. The molecule has 3 aromatic rings. The third-order valence-corrected chi connectivity index (χ3v) is 6.39. The highest BCUT2D eigenvalue weighted by atomic mass is 35.5. The van der Waals surface area contributed by atoms with Crippen molar-refractivity contribution in [3.8, 4) is 22.8 Å². The summed E-state index contributed by atoms with van der Waals surface area (Å²) in [5, 5.41) is 13.1. The van der Waals surface area contributed by atoms with E-state index in [4.69, 9.17) is 25.5 Å². The van der Waals surface area contributed by atoms with Gasteiger partial charge in [-0.3, -0.25) is 29.4 Å². The van der Waals surface area contributed by atoms with Gasteiger partial charge in [0.15, 0.2) is 11.5 Å². The molecule has 2 aromatic carbocycles. The van der Waals surface area contributed by atoms with Crippen LogP contribution in [0.4, 0.5) is 16.2 Å². The quantitative estimate of drug-likeness (QED) is 0.269. The van der Waals surface area contributed by atoms with Gasteiger partial charge in [0, 0.05) is 29.5 Å². The minimum atomic E-state index is -0.647. The zero-order valence-electron chi connectivity index (χ0n) is 18.1. The lowest BCUT2D eigenvalue weighted by molar-refractivity contribution is -0.384. The third-order valence-electron chi connectivity index (χ3n) is 5.16. The van der Waals surface area contributed by atoms with Crippen LogP contribution in [0.15, 0.2) is 57.9 Å². The van der Waals surface area contributed by atoms with Crippen molar-refractivity contribution in [2.24, 2.45) is 0 Å². The number of imide groups is 1. The van der Waals surface area contributed by atoms with Gasteiger partial charge in [0.1, 0.15) is 23.1 Å². The second-order valence-corrected chi connectivity index (χ2v) is 8.91. The number of carbonyl (C=O) groups excluding carboxylic acids is 3. The van der Waals surface area contributed by atoms with Crippen molar-refractivity contribution in [3.05, 3.63) is 74.3 Å². The van der Waals surface area contributed by atoms with Crippen molar-refractivity contribution in [2.45, 2.75) is 0 Å². The maximum atomic E-state index is 12.8. The zero-order valence-corrected chi connectivity index (χ0v) is 19.6. The molecular weight excluding hydrogens is 514 g/mol. The summed E-state index contributed by atoms with van der Waals surface area (Å²) in [6, 6.07) is 12.2. The molecule has 0 saturated carbocycles. The zero-order chi connectivity index (χ0) is 25.4. The van der Waals surface area contributed by atoms with Crippen molar-refractivity contribution in [1.82, 2.24) is 4.90 Å². The second kappa shape index (κ2) is 9.40. The van der Waals surface area contributed by atoms with E-state index in [9.17, 15) is 24.5 Å². The molecule has 0 radical (unpaired) electrons. The van der Waals surface area contributed by atoms with Crippen molar-refractivity contribution < 1.29 is 33.2 Å².